The monoisotopic (exact) mass is 486 g/mol. The maximum atomic E-state index is 13.6. The standard InChI is InChI=1S/C23H26N4O2S3/c1-26(2)10-6-11-27-22(28)19-16-7-3-4-9-18(16)32-21(19)25-23(27)31-14-15-13-30-20(24-15)17-8-5-12-29-17/h5,8,12-13H,3-4,6-7,9-11,14H2,1-2H3. The van der Waals surface area contributed by atoms with Gasteiger partial charge in [-0.15, -0.1) is 22.7 Å². The van der Waals surface area contributed by atoms with Gasteiger partial charge >= 0.3 is 0 Å². The largest absolute Gasteiger partial charge is 0.462 e. The molecule has 1 aliphatic carbocycles. The zero-order chi connectivity index (χ0) is 22.1. The highest BCUT2D eigenvalue weighted by Gasteiger charge is 2.22. The zero-order valence-electron chi connectivity index (χ0n) is 18.3. The highest BCUT2D eigenvalue weighted by Crippen LogP contribution is 2.35. The number of nitrogens with zero attached hydrogens (tertiary/aromatic N) is 4. The van der Waals surface area contributed by atoms with Gasteiger partial charge in [-0.1, -0.05) is 11.8 Å². The molecule has 0 N–H and O–H groups in total. The van der Waals surface area contributed by atoms with Crippen molar-refractivity contribution < 1.29 is 4.42 Å². The Labute approximate surface area is 199 Å². The Kier molecular flexibility index (Phi) is 6.50. The van der Waals surface area contributed by atoms with E-state index in [1.807, 2.05) is 16.7 Å². The number of hydrogen-bond acceptors (Lipinski definition) is 8. The van der Waals surface area contributed by atoms with Gasteiger partial charge in [-0.05, 0) is 70.4 Å². The number of aromatic nitrogens is 3. The summed E-state index contributed by atoms with van der Waals surface area (Å²) < 4.78 is 7.36. The summed E-state index contributed by atoms with van der Waals surface area (Å²) in [4.78, 5) is 27.7. The van der Waals surface area contributed by atoms with Gasteiger partial charge in [0.2, 0.25) is 0 Å². The summed E-state index contributed by atoms with van der Waals surface area (Å²) in [5, 5.41) is 4.60. The van der Waals surface area contributed by atoms with Crippen LogP contribution in [0.5, 0.6) is 0 Å². The fourth-order valence-electron chi connectivity index (χ4n) is 4.10. The molecule has 0 aliphatic heterocycles. The molecule has 0 aromatic carbocycles. The van der Waals surface area contributed by atoms with Gasteiger partial charge in [0.25, 0.3) is 5.56 Å². The maximum Gasteiger partial charge on any atom is 0.263 e. The van der Waals surface area contributed by atoms with E-state index in [9.17, 15) is 4.79 Å². The Morgan fingerprint density at radius 3 is 2.94 bits per heavy atom. The Morgan fingerprint density at radius 2 is 2.12 bits per heavy atom. The molecule has 5 rings (SSSR count). The number of thiophene rings is 1. The third-order valence-electron chi connectivity index (χ3n) is 5.66. The van der Waals surface area contributed by atoms with E-state index in [0.29, 0.717) is 12.3 Å². The lowest BCUT2D eigenvalue weighted by Gasteiger charge is -2.14. The number of thioether (sulfide) groups is 1. The van der Waals surface area contributed by atoms with Gasteiger partial charge in [-0.25, -0.2) is 9.97 Å². The van der Waals surface area contributed by atoms with Crippen LogP contribution in [0.1, 0.15) is 35.4 Å². The third kappa shape index (κ3) is 4.44. The summed E-state index contributed by atoms with van der Waals surface area (Å²) in [5.74, 6) is 1.46. The first-order valence-electron chi connectivity index (χ1n) is 10.9. The van der Waals surface area contributed by atoms with Crippen LogP contribution in [0.25, 0.3) is 21.0 Å². The molecule has 0 bridgehead atoms. The molecular weight excluding hydrogens is 460 g/mol. The van der Waals surface area contributed by atoms with E-state index in [-0.39, 0.29) is 5.56 Å². The van der Waals surface area contributed by atoms with Crippen molar-refractivity contribution in [1.29, 1.82) is 0 Å². The molecule has 4 aromatic rings. The molecule has 6 nitrogen and oxygen atoms in total. The highest BCUT2D eigenvalue weighted by molar-refractivity contribution is 7.98. The summed E-state index contributed by atoms with van der Waals surface area (Å²) in [7, 11) is 4.13. The van der Waals surface area contributed by atoms with Crippen molar-refractivity contribution in [3.05, 3.63) is 50.3 Å². The van der Waals surface area contributed by atoms with Crippen LogP contribution in [-0.2, 0) is 25.1 Å². The second-order valence-electron chi connectivity index (χ2n) is 8.31. The lowest BCUT2D eigenvalue weighted by Crippen LogP contribution is -2.25. The van der Waals surface area contributed by atoms with Gasteiger partial charge < -0.3 is 9.32 Å². The first-order chi connectivity index (χ1) is 15.6. The van der Waals surface area contributed by atoms with Gasteiger partial charge in [0.15, 0.2) is 15.9 Å². The molecule has 0 amide bonds. The van der Waals surface area contributed by atoms with Gasteiger partial charge in [-0.2, -0.15) is 0 Å². The van der Waals surface area contributed by atoms with E-state index in [4.69, 9.17) is 14.4 Å². The lowest BCUT2D eigenvalue weighted by atomic mass is 9.97. The predicted molar refractivity (Wildman–Crippen MR) is 133 cm³/mol. The van der Waals surface area contributed by atoms with Gasteiger partial charge in [0.05, 0.1) is 17.3 Å². The minimum atomic E-state index is 0.130. The average molecular weight is 487 g/mol. The molecule has 0 fully saturated rings. The van der Waals surface area contributed by atoms with Crippen molar-refractivity contribution in [2.75, 3.05) is 20.6 Å². The molecule has 0 atom stereocenters. The Morgan fingerprint density at radius 1 is 1.25 bits per heavy atom. The first kappa shape index (κ1) is 21.9. The Balaban J connectivity index is 1.45. The zero-order valence-corrected chi connectivity index (χ0v) is 20.7. The van der Waals surface area contributed by atoms with Crippen LogP contribution in [0.3, 0.4) is 0 Å². The molecule has 168 valence electrons. The minimum absolute atomic E-state index is 0.130. The molecule has 4 aromatic heterocycles. The summed E-state index contributed by atoms with van der Waals surface area (Å²) in [6, 6.07) is 3.80. The van der Waals surface area contributed by atoms with Gasteiger partial charge in [0.1, 0.15) is 4.83 Å². The van der Waals surface area contributed by atoms with E-state index in [1.165, 1.54) is 16.9 Å². The van der Waals surface area contributed by atoms with Crippen molar-refractivity contribution in [2.45, 2.75) is 49.6 Å². The Hall–Kier alpha value is -1.94. The number of furan rings is 1. The molecular formula is C23H26N4O2S3. The molecule has 0 unspecified atom stereocenters. The summed E-state index contributed by atoms with van der Waals surface area (Å²) in [6.07, 6.45) is 7.03. The van der Waals surface area contributed by atoms with Crippen LogP contribution in [0, 0.1) is 0 Å². The number of thiazole rings is 1. The van der Waals surface area contributed by atoms with Crippen molar-refractivity contribution in [2.24, 2.45) is 0 Å². The van der Waals surface area contributed by atoms with E-state index in [1.54, 1.807) is 40.7 Å². The number of rotatable bonds is 8. The summed E-state index contributed by atoms with van der Waals surface area (Å²) >= 11 is 4.90. The van der Waals surface area contributed by atoms with E-state index >= 15 is 0 Å². The fourth-order valence-corrected chi connectivity index (χ4v) is 7.21. The van der Waals surface area contributed by atoms with Crippen LogP contribution >= 0.6 is 34.4 Å². The SMILES string of the molecule is CN(C)CCCn1c(SCc2csc(-c3ccco3)n2)nc2sc3c(c2c1=O)CCCC3. The quantitative estimate of drug-likeness (QED) is 0.249. The fraction of sp³-hybridized carbons (Fsp3) is 0.435. The van der Waals surface area contributed by atoms with E-state index < -0.39 is 0 Å². The predicted octanol–water partition coefficient (Wildman–Crippen LogP) is 5.30. The normalized spacial score (nSPS) is 13.8. The molecule has 0 saturated heterocycles. The summed E-state index contributed by atoms with van der Waals surface area (Å²) in [6.45, 7) is 1.62. The molecule has 4 heterocycles. The topological polar surface area (TPSA) is 64.2 Å². The van der Waals surface area contributed by atoms with Crippen LogP contribution in [0.4, 0.5) is 0 Å². The number of aryl methyl sites for hydroxylation is 2. The maximum absolute atomic E-state index is 13.6. The number of fused-ring (bicyclic) bond motifs is 3. The van der Waals surface area contributed by atoms with E-state index in [2.05, 4.69) is 24.4 Å². The molecule has 9 heteroatoms. The molecule has 0 saturated carbocycles. The second-order valence-corrected chi connectivity index (χ2v) is 11.2. The average Bonchev–Trinajstić information content (AvgIpc) is 3.52. The van der Waals surface area contributed by atoms with Crippen LogP contribution < -0.4 is 5.56 Å². The summed E-state index contributed by atoms with van der Waals surface area (Å²) in [5.41, 5.74) is 2.37. The first-order valence-corrected chi connectivity index (χ1v) is 13.6. The van der Waals surface area contributed by atoms with Crippen LogP contribution in [0.15, 0.2) is 38.1 Å². The van der Waals surface area contributed by atoms with Crippen molar-refractivity contribution in [3.63, 3.8) is 0 Å². The van der Waals surface area contributed by atoms with Crippen molar-refractivity contribution >= 4 is 44.7 Å². The Bertz CT molecular complexity index is 1270. The molecule has 1 aliphatic rings. The van der Waals surface area contributed by atoms with Crippen molar-refractivity contribution in [3.8, 4) is 10.8 Å². The highest BCUT2D eigenvalue weighted by atomic mass is 32.2. The molecule has 0 spiro atoms. The van der Waals surface area contributed by atoms with Crippen LogP contribution in [-0.4, -0.2) is 40.1 Å². The van der Waals surface area contributed by atoms with Crippen molar-refractivity contribution in [1.82, 2.24) is 19.4 Å². The molecule has 0 radical (unpaired) electrons. The number of hydrogen-bond donors (Lipinski definition) is 0. The lowest BCUT2D eigenvalue weighted by molar-refractivity contribution is 0.379. The second kappa shape index (κ2) is 9.51. The third-order valence-corrected chi connectivity index (χ3v) is 8.76. The molecule has 32 heavy (non-hydrogen) atoms. The smallest absolute Gasteiger partial charge is 0.263 e. The van der Waals surface area contributed by atoms with E-state index in [0.717, 1.165) is 64.1 Å². The van der Waals surface area contributed by atoms with Gasteiger partial charge in [0, 0.05) is 22.6 Å². The van der Waals surface area contributed by atoms with Gasteiger partial charge in [-0.3, -0.25) is 9.36 Å². The minimum Gasteiger partial charge on any atom is -0.462 e. The van der Waals surface area contributed by atoms with Crippen LogP contribution in [0.2, 0.25) is 0 Å².